The zero-order chi connectivity index (χ0) is 17.8. The Labute approximate surface area is 149 Å². The van der Waals surface area contributed by atoms with Crippen molar-refractivity contribution in [3.63, 3.8) is 0 Å². The number of amides is 1. The number of hydrogen-bond donors (Lipinski definition) is 1. The molecule has 0 fully saturated rings. The molecular weight excluding hydrogens is 334 g/mol. The first kappa shape index (κ1) is 16.1. The molecule has 8 nitrogen and oxygen atoms in total. The van der Waals surface area contributed by atoms with Crippen LogP contribution in [0.15, 0.2) is 48.8 Å². The summed E-state index contributed by atoms with van der Waals surface area (Å²) in [7, 11) is 0. The normalized spacial score (nSPS) is 12.6. The first-order valence-corrected chi connectivity index (χ1v) is 8.25. The van der Waals surface area contributed by atoms with Crippen LogP contribution >= 0.6 is 0 Å². The van der Waals surface area contributed by atoms with Crippen LogP contribution in [0, 0.1) is 0 Å². The minimum absolute atomic E-state index is 0.0462. The summed E-state index contributed by atoms with van der Waals surface area (Å²) in [5, 5.41) is 14.0. The van der Waals surface area contributed by atoms with E-state index in [1.165, 1.54) is 6.33 Å². The van der Waals surface area contributed by atoms with Crippen LogP contribution in [-0.2, 0) is 17.8 Å². The molecule has 0 bridgehead atoms. The Morgan fingerprint density at radius 2 is 1.81 bits per heavy atom. The van der Waals surface area contributed by atoms with Gasteiger partial charge in [-0.3, -0.25) is 4.79 Å². The number of nitrogens with zero attached hydrogens (tertiary/aromatic N) is 4. The van der Waals surface area contributed by atoms with E-state index in [0.29, 0.717) is 26.2 Å². The third-order valence-electron chi connectivity index (χ3n) is 4.01. The van der Waals surface area contributed by atoms with Crippen molar-refractivity contribution in [1.29, 1.82) is 0 Å². The second-order valence-electron chi connectivity index (χ2n) is 5.85. The predicted molar refractivity (Wildman–Crippen MR) is 92.1 cm³/mol. The van der Waals surface area contributed by atoms with Crippen LogP contribution in [0.4, 0.5) is 0 Å². The van der Waals surface area contributed by atoms with Crippen LogP contribution in [0.25, 0.3) is 5.69 Å². The van der Waals surface area contributed by atoms with Gasteiger partial charge in [0.1, 0.15) is 19.5 Å². The Balaban J connectivity index is 1.32. The Bertz CT molecular complexity index is 894. The quantitative estimate of drug-likeness (QED) is 0.745. The maximum absolute atomic E-state index is 12.2. The fourth-order valence-electron chi connectivity index (χ4n) is 2.69. The fourth-order valence-corrected chi connectivity index (χ4v) is 2.69. The van der Waals surface area contributed by atoms with Gasteiger partial charge in [-0.1, -0.05) is 18.2 Å². The molecule has 1 aromatic heterocycles. The number of carbonyl (C=O) groups is 1. The Morgan fingerprint density at radius 1 is 1.04 bits per heavy atom. The molecule has 1 amide bonds. The van der Waals surface area contributed by atoms with Gasteiger partial charge in [0.25, 0.3) is 0 Å². The number of hydrogen-bond acceptors (Lipinski definition) is 6. The molecule has 1 aliphatic heterocycles. The fraction of sp³-hybridized carbons (Fsp3) is 0.222. The lowest BCUT2D eigenvalue weighted by Gasteiger charge is -2.19. The van der Waals surface area contributed by atoms with E-state index in [0.717, 1.165) is 28.3 Å². The summed E-state index contributed by atoms with van der Waals surface area (Å²) in [4.78, 5) is 12.2. The molecular formula is C18H17N5O3. The van der Waals surface area contributed by atoms with E-state index in [9.17, 15) is 4.79 Å². The molecule has 2 aromatic carbocycles. The Hall–Kier alpha value is -3.42. The molecule has 8 heteroatoms. The third kappa shape index (κ3) is 3.64. The molecule has 2 heterocycles. The summed E-state index contributed by atoms with van der Waals surface area (Å²) < 4.78 is 12.6. The van der Waals surface area contributed by atoms with Gasteiger partial charge in [0.2, 0.25) is 5.91 Å². The third-order valence-corrected chi connectivity index (χ3v) is 4.01. The lowest BCUT2D eigenvalue weighted by atomic mass is 10.1. The van der Waals surface area contributed by atoms with Gasteiger partial charge in [0.05, 0.1) is 12.1 Å². The van der Waals surface area contributed by atoms with Gasteiger partial charge in [0.15, 0.2) is 11.5 Å². The largest absolute Gasteiger partial charge is 0.486 e. The van der Waals surface area contributed by atoms with Crippen molar-refractivity contribution in [1.82, 2.24) is 25.5 Å². The number of tetrazole rings is 1. The highest BCUT2D eigenvalue weighted by atomic mass is 16.6. The lowest BCUT2D eigenvalue weighted by molar-refractivity contribution is -0.120. The molecule has 0 saturated heterocycles. The van der Waals surface area contributed by atoms with Crippen LogP contribution < -0.4 is 14.8 Å². The van der Waals surface area contributed by atoms with Gasteiger partial charge in [-0.2, -0.15) is 0 Å². The summed E-state index contributed by atoms with van der Waals surface area (Å²) in [6.45, 7) is 1.55. The summed E-state index contributed by atoms with van der Waals surface area (Å²) in [6, 6.07) is 13.2. The Morgan fingerprint density at radius 3 is 2.58 bits per heavy atom. The van der Waals surface area contributed by atoms with Crippen molar-refractivity contribution in [3.8, 4) is 17.2 Å². The Kier molecular flexibility index (Phi) is 4.46. The maximum Gasteiger partial charge on any atom is 0.224 e. The van der Waals surface area contributed by atoms with Gasteiger partial charge in [-0.05, 0) is 45.8 Å². The van der Waals surface area contributed by atoms with Crippen LogP contribution in [0.3, 0.4) is 0 Å². The number of rotatable bonds is 5. The average Bonchev–Trinajstić information content (AvgIpc) is 3.22. The second kappa shape index (κ2) is 7.22. The summed E-state index contributed by atoms with van der Waals surface area (Å²) in [6.07, 6.45) is 1.83. The van der Waals surface area contributed by atoms with Gasteiger partial charge >= 0.3 is 0 Å². The number of nitrogens with one attached hydrogen (secondary N) is 1. The molecule has 1 N–H and O–H groups in total. The second-order valence-corrected chi connectivity index (χ2v) is 5.85. The van der Waals surface area contributed by atoms with Crippen LogP contribution in [0.2, 0.25) is 0 Å². The van der Waals surface area contributed by atoms with Gasteiger partial charge in [0, 0.05) is 6.54 Å². The zero-order valence-electron chi connectivity index (χ0n) is 14.0. The average molecular weight is 351 g/mol. The van der Waals surface area contributed by atoms with E-state index >= 15 is 0 Å². The van der Waals surface area contributed by atoms with E-state index < -0.39 is 0 Å². The van der Waals surface area contributed by atoms with Crippen LogP contribution in [-0.4, -0.2) is 39.3 Å². The summed E-state index contributed by atoms with van der Waals surface area (Å²) in [5.74, 6) is 1.42. The van der Waals surface area contributed by atoms with Crippen molar-refractivity contribution in [2.45, 2.75) is 13.0 Å². The number of ether oxygens (including phenoxy) is 2. The van der Waals surface area contributed by atoms with Crippen molar-refractivity contribution < 1.29 is 14.3 Å². The first-order chi connectivity index (χ1) is 12.8. The molecule has 26 heavy (non-hydrogen) atoms. The molecule has 0 aliphatic carbocycles. The summed E-state index contributed by atoms with van der Waals surface area (Å²) in [5.41, 5.74) is 2.73. The van der Waals surface area contributed by atoms with Crippen LogP contribution in [0.5, 0.6) is 11.5 Å². The van der Waals surface area contributed by atoms with E-state index in [1.807, 2.05) is 42.5 Å². The van der Waals surface area contributed by atoms with E-state index in [-0.39, 0.29) is 5.91 Å². The highest BCUT2D eigenvalue weighted by Crippen LogP contribution is 2.30. The molecule has 132 valence electrons. The number of aromatic nitrogens is 4. The zero-order valence-corrected chi connectivity index (χ0v) is 14.0. The maximum atomic E-state index is 12.2. The van der Waals surface area contributed by atoms with Crippen molar-refractivity contribution >= 4 is 5.91 Å². The monoisotopic (exact) mass is 351 g/mol. The van der Waals surface area contributed by atoms with E-state index in [1.54, 1.807) is 4.68 Å². The van der Waals surface area contributed by atoms with Gasteiger partial charge < -0.3 is 14.8 Å². The van der Waals surface area contributed by atoms with Crippen molar-refractivity contribution in [2.24, 2.45) is 0 Å². The van der Waals surface area contributed by atoms with Crippen molar-refractivity contribution in [2.75, 3.05) is 13.2 Å². The molecule has 0 radical (unpaired) electrons. The standard InChI is InChI=1S/C18H17N5O3/c24-18(10-13-1-4-15(5-2-13)23-12-20-21-22-23)19-11-14-3-6-16-17(9-14)26-8-7-25-16/h1-6,9,12H,7-8,10-11H2,(H,19,24). The lowest BCUT2D eigenvalue weighted by Crippen LogP contribution is -2.24. The van der Waals surface area contributed by atoms with E-state index in [4.69, 9.17) is 9.47 Å². The molecule has 0 saturated carbocycles. The minimum Gasteiger partial charge on any atom is -0.486 e. The number of benzene rings is 2. The smallest absolute Gasteiger partial charge is 0.224 e. The highest BCUT2D eigenvalue weighted by Gasteiger charge is 2.12. The van der Waals surface area contributed by atoms with Gasteiger partial charge in [-0.25, -0.2) is 4.68 Å². The first-order valence-electron chi connectivity index (χ1n) is 8.25. The molecule has 3 aromatic rings. The SMILES string of the molecule is O=C(Cc1ccc(-n2cnnn2)cc1)NCc1ccc2c(c1)OCCO2. The molecule has 0 atom stereocenters. The number of fused-ring (bicyclic) bond motifs is 1. The molecule has 0 unspecified atom stereocenters. The number of carbonyl (C=O) groups excluding carboxylic acids is 1. The predicted octanol–water partition coefficient (Wildman–Crippen LogP) is 1.29. The van der Waals surface area contributed by atoms with Crippen molar-refractivity contribution in [3.05, 3.63) is 59.9 Å². The minimum atomic E-state index is -0.0462. The van der Waals surface area contributed by atoms with Gasteiger partial charge in [-0.15, -0.1) is 5.10 Å². The molecule has 0 spiro atoms. The highest BCUT2D eigenvalue weighted by molar-refractivity contribution is 5.78. The topological polar surface area (TPSA) is 91.2 Å². The summed E-state index contributed by atoms with van der Waals surface area (Å²) >= 11 is 0. The van der Waals surface area contributed by atoms with E-state index in [2.05, 4.69) is 20.8 Å². The molecule has 1 aliphatic rings. The molecule has 4 rings (SSSR count). The van der Waals surface area contributed by atoms with Crippen LogP contribution in [0.1, 0.15) is 11.1 Å².